The Morgan fingerprint density at radius 3 is 2.86 bits per heavy atom. The Kier molecular flexibility index (Phi) is 3.45. The fourth-order valence-corrected chi connectivity index (χ4v) is 1.05. The van der Waals surface area contributed by atoms with Crippen LogP contribution in [-0.2, 0) is 16.0 Å². The molecule has 0 amide bonds. The van der Waals surface area contributed by atoms with Gasteiger partial charge in [0.25, 0.3) is 0 Å². The monoisotopic (exact) mass is 198 g/mol. The summed E-state index contributed by atoms with van der Waals surface area (Å²) >= 11 is 0. The molecule has 0 saturated carbocycles. The van der Waals surface area contributed by atoms with Gasteiger partial charge in [0, 0.05) is 0 Å². The molecule has 0 radical (unpaired) electrons. The summed E-state index contributed by atoms with van der Waals surface area (Å²) in [5.74, 6) is -1.54. The van der Waals surface area contributed by atoms with Crippen LogP contribution in [0.5, 0.6) is 5.75 Å². The largest absolute Gasteiger partial charge is 0.505 e. The van der Waals surface area contributed by atoms with Gasteiger partial charge in [-0.15, -0.1) is 0 Å². The third-order valence-corrected chi connectivity index (χ3v) is 1.66. The molecule has 0 aliphatic carbocycles. The van der Waals surface area contributed by atoms with Crippen LogP contribution in [0.15, 0.2) is 18.2 Å². The molecule has 76 valence electrons. The number of phenolic OH excluding ortho intramolecular Hbond substituents is 1. The molecule has 0 heterocycles. The van der Waals surface area contributed by atoms with Crippen molar-refractivity contribution in [3.8, 4) is 5.75 Å². The van der Waals surface area contributed by atoms with Gasteiger partial charge in [0.1, 0.15) is 0 Å². The maximum atomic E-state index is 12.6. The van der Waals surface area contributed by atoms with Crippen LogP contribution >= 0.6 is 0 Å². The number of hydrogen-bond acceptors (Lipinski definition) is 3. The van der Waals surface area contributed by atoms with Crippen LogP contribution in [0.2, 0.25) is 0 Å². The van der Waals surface area contributed by atoms with Crippen molar-refractivity contribution < 1.29 is 19.0 Å². The standard InChI is InChI=1S/C10H11FO3/c1-2-14-10(13)6-7-3-4-8(11)9(12)5-7/h3-5,12H,2,6H2,1H3. The van der Waals surface area contributed by atoms with E-state index in [1.807, 2.05) is 0 Å². The first-order chi connectivity index (χ1) is 6.63. The van der Waals surface area contributed by atoms with Crippen LogP contribution in [0.25, 0.3) is 0 Å². The number of aromatic hydroxyl groups is 1. The molecule has 0 aromatic heterocycles. The molecule has 0 aliphatic rings. The van der Waals surface area contributed by atoms with Crippen LogP contribution in [0.1, 0.15) is 12.5 Å². The lowest BCUT2D eigenvalue weighted by Gasteiger charge is -2.02. The van der Waals surface area contributed by atoms with E-state index in [9.17, 15) is 9.18 Å². The number of esters is 1. The summed E-state index contributed by atoms with van der Waals surface area (Å²) in [6.45, 7) is 2.02. The number of ether oxygens (including phenoxy) is 1. The van der Waals surface area contributed by atoms with Gasteiger partial charge >= 0.3 is 5.97 Å². The molecule has 0 atom stereocenters. The summed E-state index contributed by atoms with van der Waals surface area (Å²) in [4.78, 5) is 11.0. The molecule has 1 aromatic carbocycles. The van der Waals surface area contributed by atoms with Crippen LogP contribution in [-0.4, -0.2) is 17.7 Å². The van der Waals surface area contributed by atoms with E-state index >= 15 is 0 Å². The molecule has 3 nitrogen and oxygen atoms in total. The predicted octanol–water partition coefficient (Wildman–Crippen LogP) is 1.64. The third-order valence-electron chi connectivity index (χ3n) is 1.66. The van der Waals surface area contributed by atoms with Gasteiger partial charge in [0.2, 0.25) is 0 Å². The first-order valence-electron chi connectivity index (χ1n) is 4.26. The maximum Gasteiger partial charge on any atom is 0.310 e. The second-order valence-corrected chi connectivity index (χ2v) is 2.77. The third kappa shape index (κ3) is 2.73. The highest BCUT2D eigenvalue weighted by Gasteiger charge is 2.06. The van der Waals surface area contributed by atoms with Crippen LogP contribution in [0, 0.1) is 5.82 Å². The van der Waals surface area contributed by atoms with E-state index in [0.29, 0.717) is 12.2 Å². The van der Waals surface area contributed by atoms with E-state index in [0.717, 1.165) is 6.07 Å². The second kappa shape index (κ2) is 4.60. The normalized spacial score (nSPS) is 9.86. The number of benzene rings is 1. The topological polar surface area (TPSA) is 46.5 Å². The Morgan fingerprint density at radius 1 is 1.57 bits per heavy atom. The number of rotatable bonds is 3. The molecule has 14 heavy (non-hydrogen) atoms. The Labute approximate surface area is 81.1 Å². The summed E-state index contributed by atoms with van der Waals surface area (Å²) in [6, 6.07) is 3.77. The van der Waals surface area contributed by atoms with Gasteiger partial charge in [0.05, 0.1) is 13.0 Å². The van der Waals surface area contributed by atoms with Crippen LogP contribution < -0.4 is 0 Å². The molecule has 0 spiro atoms. The molecule has 1 rings (SSSR count). The SMILES string of the molecule is CCOC(=O)Cc1ccc(F)c(O)c1. The summed E-state index contributed by atoms with van der Waals surface area (Å²) in [7, 11) is 0. The number of halogens is 1. The van der Waals surface area contributed by atoms with E-state index in [-0.39, 0.29) is 6.42 Å². The number of phenols is 1. The maximum absolute atomic E-state index is 12.6. The Hall–Kier alpha value is -1.58. The summed E-state index contributed by atoms with van der Waals surface area (Å²) in [6.07, 6.45) is 0.0433. The zero-order valence-corrected chi connectivity index (χ0v) is 7.79. The van der Waals surface area contributed by atoms with E-state index in [4.69, 9.17) is 9.84 Å². The van der Waals surface area contributed by atoms with Gasteiger partial charge in [-0.05, 0) is 24.6 Å². The minimum Gasteiger partial charge on any atom is -0.505 e. The molecule has 1 aromatic rings. The highest BCUT2D eigenvalue weighted by atomic mass is 19.1. The summed E-state index contributed by atoms with van der Waals surface area (Å²) < 4.78 is 17.3. The molecule has 0 aliphatic heterocycles. The molecule has 0 unspecified atom stereocenters. The molecular formula is C10H11FO3. The second-order valence-electron chi connectivity index (χ2n) is 2.77. The average molecular weight is 198 g/mol. The zero-order chi connectivity index (χ0) is 10.6. The Balaban J connectivity index is 2.68. The smallest absolute Gasteiger partial charge is 0.310 e. The average Bonchev–Trinajstić information content (AvgIpc) is 2.12. The van der Waals surface area contributed by atoms with Gasteiger partial charge in [-0.25, -0.2) is 4.39 Å². The van der Waals surface area contributed by atoms with Crippen molar-refractivity contribution in [3.05, 3.63) is 29.6 Å². The fourth-order valence-electron chi connectivity index (χ4n) is 1.05. The lowest BCUT2D eigenvalue weighted by molar-refractivity contribution is -0.142. The summed E-state index contributed by atoms with van der Waals surface area (Å²) in [5.41, 5.74) is 0.530. The van der Waals surface area contributed by atoms with Gasteiger partial charge in [-0.1, -0.05) is 6.07 Å². The highest BCUT2D eigenvalue weighted by molar-refractivity contribution is 5.72. The molecule has 1 N–H and O–H groups in total. The quantitative estimate of drug-likeness (QED) is 0.751. The van der Waals surface area contributed by atoms with Crippen molar-refractivity contribution in [1.82, 2.24) is 0 Å². The minimum absolute atomic E-state index is 0.0433. The van der Waals surface area contributed by atoms with Crippen LogP contribution in [0.3, 0.4) is 0 Å². The van der Waals surface area contributed by atoms with Crippen molar-refractivity contribution in [2.45, 2.75) is 13.3 Å². The van der Waals surface area contributed by atoms with Gasteiger partial charge in [-0.2, -0.15) is 0 Å². The number of carbonyl (C=O) groups is 1. The van der Waals surface area contributed by atoms with E-state index in [1.54, 1.807) is 6.92 Å². The highest BCUT2D eigenvalue weighted by Crippen LogP contribution is 2.17. The van der Waals surface area contributed by atoms with E-state index in [2.05, 4.69) is 0 Å². The van der Waals surface area contributed by atoms with E-state index < -0.39 is 17.5 Å². The molecule has 0 saturated heterocycles. The first-order valence-corrected chi connectivity index (χ1v) is 4.26. The Morgan fingerprint density at radius 2 is 2.29 bits per heavy atom. The van der Waals surface area contributed by atoms with Gasteiger partial charge < -0.3 is 9.84 Å². The molecule has 0 bridgehead atoms. The van der Waals surface area contributed by atoms with Gasteiger partial charge in [0.15, 0.2) is 11.6 Å². The molecule has 0 fully saturated rings. The van der Waals surface area contributed by atoms with E-state index in [1.165, 1.54) is 12.1 Å². The molecular weight excluding hydrogens is 187 g/mol. The number of carbonyl (C=O) groups excluding carboxylic acids is 1. The lowest BCUT2D eigenvalue weighted by Crippen LogP contribution is -2.07. The minimum atomic E-state index is -0.697. The Bertz CT molecular complexity index is 336. The van der Waals surface area contributed by atoms with Crippen molar-refractivity contribution in [1.29, 1.82) is 0 Å². The fraction of sp³-hybridized carbons (Fsp3) is 0.300. The number of hydrogen-bond donors (Lipinski definition) is 1. The predicted molar refractivity (Wildman–Crippen MR) is 48.4 cm³/mol. The zero-order valence-electron chi connectivity index (χ0n) is 7.79. The van der Waals surface area contributed by atoms with Gasteiger partial charge in [-0.3, -0.25) is 4.79 Å². The first kappa shape index (κ1) is 10.5. The van der Waals surface area contributed by atoms with Crippen molar-refractivity contribution in [2.24, 2.45) is 0 Å². The van der Waals surface area contributed by atoms with Crippen LogP contribution in [0.4, 0.5) is 4.39 Å². The van der Waals surface area contributed by atoms with Crippen molar-refractivity contribution in [2.75, 3.05) is 6.61 Å². The molecule has 4 heteroatoms. The van der Waals surface area contributed by atoms with Crippen molar-refractivity contribution in [3.63, 3.8) is 0 Å². The van der Waals surface area contributed by atoms with Crippen molar-refractivity contribution >= 4 is 5.97 Å². The summed E-state index contributed by atoms with van der Waals surface area (Å²) in [5, 5.41) is 9.02. The lowest BCUT2D eigenvalue weighted by atomic mass is 10.1.